The van der Waals surface area contributed by atoms with E-state index in [9.17, 15) is 5.11 Å². The van der Waals surface area contributed by atoms with Gasteiger partial charge in [0.15, 0.2) is 0 Å². The van der Waals surface area contributed by atoms with Crippen molar-refractivity contribution >= 4 is 21.9 Å². The highest BCUT2D eigenvalue weighted by Crippen LogP contribution is 2.39. The Morgan fingerprint density at radius 3 is 2.67 bits per heavy atom. The van der Waals surface area contributed by atoms with Crippen LogP contribution >= 0.6 is 0 Å². The van der Waals surface area contributed by atoms with E-state index in [2.05, 4.69) is 34.9 Å². The first-order valence-corrected chi connectivity index (χ1v) is 8.30. The Kier molecular flexibility index (Phi) is 3.25. The Hall–Kier alpha value is -2.59. The number of nitrogens with zero attached hydrogens (tertiary/aromatic N) is 1. The molecular formula is C20H21N3O. The van der Waals surface area contributed by atoms with Gasteiger partial charge in [0, 0.05) is 22.7 Å². The molecule has 0 fully saturated rings. The topological polar surface area (TPSA) is 64.7 Å². The molecule has 0 aliphatic heterocycles. The van der Waals surface area contributed by atoms with Crippen LogP contribution in [0.1, 0.15) is 35.9 Å². The van der Waals surface area contributed by atoms with Gasteiger partial charge in [-0.3, -0.25) is 0 Å². The zero-order valence-electron chi connectivity index (χ0n) is 14.1. The minimum absolute atomic E-state index is 0.539. The van der Waals surface area contributed by atoms with E-state index in [-0.39, 0.29) is 0 Å². The summed E-state index contributed by atoms with van der Waals surface area (Å²) in [5.41, 5.74) is 4.90. The molecule has 4 rings (SSSR count). The monoisotopic (exact) mass is 319 g/mol. The number of aromatic nitrogens is 3. The number of benzene rings is 2. The summed E-state index contributed by atoms with van der Waals surface area (Å²) in [4.78, 5) is 11.3. The predicted octanol–water partition coefficient (Wildman–Crippen LogP) is 4.31. The van der Waals surface area contributed by atoms with Crippen LogP contribution in [0.25, 0.3) is 21.9 Å². The summed E-state index contributed by atoms with van der Waals surface area (Å²) >= 11 is 0. The Bertz CT molecular complexity index is 1010. The van der Waals surface area contributed by atoms with Gasteiger partial charge < -0.3 is 15.1 Å². The van der Waals surface area contributed by atoms with E-state index in [1.54, 1.807) is 0 Å². The summed E-state index contributed by atoms with van der Waals surface area (Å²) in [5, 5.41) is 12.7. The fourth-order valence-corrected chi connectivity index (χ4v) is 3.75. The van der Waals surface area contributed by atoms with Gasteiger partial charge in [0.25, 0.3) is 0 Å². The van der Waals surface area contributed by atoms with Gasteiger partial charge in [0.1, 0.15) is 11.4 Å². The van der Waals surface area contributed by atoms with Gasteiger partial charge in [-0.25, -0.2) is 4.98 Å². The lowest BCUT2D eigenvalue weighted by atomic mass is 9.84. The molecule has 4 nitrogen and oxygen atoms in total. The van der Waals surface area contributed by atoms with E-state index in [1.165, 1.54) is 5.56 Å². The number of rotatable bonds is 3. The summed E-state index contributed by atoms with van der Waals surface area (Å²) < 4.78 is 0. The first-order valence-electron chi connectivity index (χ1n) is 8.30. The first kappa shape index (κ1) is 15.0. The maximum Gasteiger partial charge on any atom is 0.148 e. The predicted molar refractivity (Wildman–Crippen MR) is 97.2 cm³/mol. The van der Waals surface area contributed by atoms with E-state index in [1.807, 2.05) is 43.5 Å². The second-order valence-corrected chi connectivity index (χ2v) is 6.47. The van der Waals surface area contributed by atoms with Gasteiger partial charge in [-0.1, -0.05) is 25.1 Å². The number of fused-ring (bicyclic) bond motifs is 2. The number of imidazole rings is 1. The van der Waals surface area contributed by atoms with Crippen LogP contribution in [0.5, 0.6) is 0 Å². The van der Waals surface area contributed by atoms with Gasteiger partial charge in [-0.15, -0.1) is 0 Å². The largest absolute Gasteiger partial charge is 0.377 e. The highest BCUT2D eigenvalue weighted by Gasteiger charge is 2.36. The minimum atomic E-state index is -1.16. The molecule has 2 aromatic carbocycles. The van der Waals surface area contributed by atoms with E-state index >= 15 is 0 Å². The third kappa shape index (κ3) is 2.00. The summed E-state index contributed by atoms with van der Waals surface area (Å²) in [7, 11) is 0. The maximum absolute atomic E-state index is 11.6. The van der Waals surface area contributed by atoms with Gasteiger partial charge in [0.2, 0.25) is 0 Å². The molecule has 0 saturated heterocycles. The van der Waals surface area contributed by atoms with Crippen LogP contribution in [-0.2, 0) is 5.60 Å². The Balaban J connectivity index is 2.03. The number of hydrogen-bond donors (Lipinski definition) is 3. The SMILES string of the molecule is CCC(O)(c1nc2ccccc2[nH]1)c1c(C)cc(C)c2[nH]ccc12. The molecule has 0 saturated carbocycles. The van der Waals surface area contributed by atoms with Crippen LogP contribution < -0.4 is 0 Å². The first-order chi connectivity index (χ1) is 11.5. The highest BCUT2D eigenvalue weighted by atomic mass is 16.3. The molecular weight excluding hydrogens is 298 g/mol. The van der Waals surface area contributed by atoms with Crippen LogP contribution in [0.3, 0.4) is 0 Å². The van der Waals surface area contributed by atoms with Crippen LogP contribution in [-0.4, -0.2) is 20.1 Å². The molecule has 1 unspecified atom stereocenters. The molecule has 0 amide bonds. The minimum Gasteiger partial charge on any atom is -0.377 e. The standard InChI is InChI=1S/C20H21N3O/c1-4-20(24,19-22-15-7-5-6-8-16(15)23-19)17-12(2)11-13(3)18-14(17)9-10-21-18/h5-11,21,24H,4H2,1-3H3,(H,22,23). The molecule has 0 aliphatic rings. The van der Waals surface area contributed by atoms with E-state index < -0.39 is 5.60 Å². The second-order valence-electron chi connectivity index (χ2n) is 6.47. The quantitative estimate of drug-likeness (QED) is 0.527. The lowest BCUT2D eigenvalue weighted by Crippen LogP contribution is -2.29. The molecule has 0 bridgehead atoms. The summed E-state index contributed by atoms with van der Waals surface area (Å²) in [6.07, 6.45) is 2.46. The number of aromatic amines is 2. The summed E-state index contributed by atoms with van der Waals surface area (Å²) in [5.74, 6) is 0.598. The molecule has 24 heavy (non-hydrogen) atoms. The summed E-state index contributed by atoms with van der Waals surface area (Å²) in [6, 6.07) is 12.0. The Morgan fingerprint density at radius 1 is 1.12 bits per heavy atom. The van der Waals surface area contributed by atoms with Gasteiger partial charge in [-0.2, -0.15) is 0 Å². The molecule has 2 heterocycles. The van der Waals surface area contributed by atoms with E-state index in [0.29, 0.717) is 12.2 Å². The smallest absolute Gasteiger partial charge is 0.148 e. The highest BCUT2D eigenvalue weighted by molar-refractivity contribution is 5.88. The van der Waals surface area contributed by atoms with Crippen molar-refractivity contribution in [2.45, 2.75) is 32.8 Å². The van der Waals surface area contributed by atoms with Crippen molar-refractivity contribution in [3.63, 3.8) is 0 Å². The molecule has 0 spiro atoms. The normalized spacial score (nSPS) is 14.3. The second kappa shape index (κ2) is 5.21. The number of para-hydroxylation sites is 2. The van der Waals surface area contributed by atoms with Crippen molar-refractivity contribution in [1.29, 1.82) is 0 Å². The Morgan fingerprint density at radius 2 is 1.92 bits per heavy atom. The third-order valence-corrected chi connectivity index (χ3v) is 4.94. The Labute approximate surface area is 140 Å². The van der Waals surface area contributed by atoms with Crippen molar-refractivity contribution in [3.05, 3.63) is 65.1 Å². The molecule has 2 aromatic heterocycles. The molecule has 0 radical (unpaired) electrons. The fraction of sp³-hybridized carbons (Fsp3) is 0.250. The zero-order valence-corrected chi connectivity index (χ0v) is 14.1. The fourth-order valence-electron chi connectivity index (χ4n) is 3.75. The van der Waals surface area contributed by atoms with Crippen molar-refractivity contribution in [3.8, 4) is 0 Å². The number of hydrogen-bond acceptors (Lipinski definition) is 2. The molecule has 1 atom stereocenters. The molecule has 0 aliphatic carbocycles. The average molecular weight is 319 g/mol. The van der Waals surface area contributed by atoms with E-state index in [4.69, 9.17) is 0 Å². The van der Waals surface area contributed by atoms with Crippen molar-refractivity contribution in [2.24, 2.45) is 0 Å². The van der Waals surface area contributed by atoms with Crippen LogP contribution in [0.15, 0.2) is 42.6 Å². The van der Waals surface area contributed by atoms with Crippen molar-refractivity contribution in [1.82, 2.24) is 15.0 Å². The number of aryl methyl sites for hydroxylation is 2. The summed E-state index contributed by atoms with van der Waals surface area (Å²) in [6.45, 7) is 6.13. The molecule has 4 heteroatoms. The average Bonchev–Trinajstić information content (AvgIpc) is 3.21. The number of nitrogens with one attached hydrogen (secondary N) is 2. The van der Waals surface area contributed by atoms with E-state index in [0.717, 1.165) is 33.1 Å². The third-order valence-electron chi connectivity index (χ3n) is 4.94. The molecule has 4 aromatic rings. The van der Waals surface area contributed by atoms with Gasteiger partial charge >= 0.3 is 0 Å². The van der Waals surface area contributed by atoms with Gasteiger partial charge in [-0.05, 0) is 49.6 Å². The number of aliphatic hydroxyl groups is 1. The van der Waals surface area contributed by atoms with Crippen LogP contribution in [0, 0.1) is 13.8 Å². The lowest BCUT2D eigenvalue weighted by Gasteiger charge is -2.28. The number of H-pyrrole nitrogens is 2. The van der Waals surface area contributed by atoms with Gasteiger partial charge in [0.05, 0.1) is 11.0 Å². The van der Waals surface area contributed by atoms with Crippen LogP contribution in [0.2, 0.25) is 0 Å². The molecule has 3 N–H and O–H groups in total. The van der Waals surface area contributed by atoms with Crippen molar-refractivity contribution in [2.75, 3.05) is 0 Å². The van der Waals surface area contributed by atoms with Crippen molar-refractivity contribution < 1.29 is 5.11 Å². The maximum atomic E-state index is 11.6. The van der Waals surface area contributed by atoms with Crippen LogP contribution in [0.4, 0.5) is 0 Å². The zero-order chi connectivity index (χ0) is 16.9. The lowest BCUT2D eigenvalue weighted by molar-refractivity contribution is 0.0691. The molecule has 122 valence electrons.